The Morgan fingerprint density at radius 2 is 1.85 bits per heavy atom. The highest BCUT2D eigenvalue weighted by molar-refractivity contribution is 5.92. The molecule has 0 aromatic heterocycles. The van der Waals surface area contributed by atoms with E-state index >= 15 is 0 Å². The second kappa shape index (κ2) is 10.3. The number of likely N-dealkylation sites (tertiary alicyclic amines) is 1. The summed E-state index contributed by atoms with van der Waals surface area (Å²) in [5.74, 6) is 0.934. The molecule has 0 radical (unpaired) electrons. The van der Waals surface area contributed by atoms with Crippen LogP contribution in [0.2, 0.25) is 0 Å². The average molecular weight is 370 g/mol. The van der Waals surface area contributed by atoms with Crippen molar-refractivity contribution in [3.8, 4) is 0 Å². The van der Waals surface area contributed by atoms with E-state index in [0.29, 0.717) is 19.6 Å². The number of benzene rings is 1. The number of ether oxygens (including phenoxy) is 1. The Hall–Kier alpha value is -2.14. The van der Waals surface area contributed by atoms with Gasteiger partial charge in [0.05, 0.1) is 0 Å². The SMILES string of the molecule is O=C(NCCCOCC1CC1)C1CCN(C(=O)/C=C/c2ccccc2)CC1. The largest absolute Gasteiger partial charge is 0.381 e. The highest BCUT2D eigenvalue weighted by atomic mass is 16.5. The van der Waals surface area contributed by atoms with E-state index in [-0.39, 0.29) is 17.7 Å². The van der Waals surface area contributed by atoms with Crippen molar-refractivity contribution in [1.82, 2.24) is 10.2 Å². The first kappa shape index (κ1) is 19.6. The minimum absolute atomic E-state index is 0.0135. The van der Waals surface area contributed by atoms with Crippen LogP contribution in [0.25, 0.3) is 6.08 Å². The van der Waals surface area contributed by atoms with E-state index in [2.05, 4.69) is 5.32 Å². The molecule has 1 N–H and O–H groups in total. The summed E-state index contributed by atoms with van der Waals surface area (Å²) in [6.45, 7) is 3.54. The number of hydrogen-bond acceptors (Lipinski definition) is 3. The fraction of sp³-hybridized carbons (Fsp3) is 0.545. The Morgan fingerprint density at radius 3 is 2.56 bits per heavy atom. The summed E-state index contributed by atoms with van der Waals surface area (Å²) in [5, 5.41) is 3.01. The predicted molar refractivity (Wildman–Crippen MR) is 106 cm³/mol. The average Bonchev–Trinajstić information content (AvgIpc) is 3.54. The number of piperidine rings is 1. The molecule has 5 heteroatoms. The van der Waals surface area contributed by atoms with Gasteiger partial charge in [0.25, 0.3) is 0 Å². The molecule has 27 heavy (non-hydrogen) atoms. The molecule has 2 fully saturated rings. The number of nitrogens with one attached hydrogen (secondary N) is 1. The van der Waals surface area contributed by atoms with Gasteiger partial charge in [-0.2, -0.15) is 0 Å². The van der Waals surface area contributed by atoms with Crippen LogP contribution in [0.4, 0.5) is 0 Å². The highest BCUT2D eigenvalue weighted by Crippen LogP contribution is 2.28. The zero-order chi connectivity index (χ0) is 18.9. The van der Waals surface area contributed by atoms with Gasteiger partial charge >= 0.3 is 0 Å². The molecular formula is C22H30N2O3. The Balaban J connectivity index is 1.29. The Labute approximate surface area is 161 Å². The van der Waals surface area contributed by atoms with Crippen LogP contribution in [0, 0.1) is 11.8 Å². The minimum Gasteiger partial charge on any atom is -0.381 e. The molecular weight excluding hydrogens is 340 g/mol. The van der Waals surface area contributed by atoms with Crippen LogP contribution in [0.15, 0.2) is 36.4 Å². The van der Waals surface area contributed by atoms with E-state index in [0.717, 1.165) is 44.0 Å². The maximum absolute atomic E-state index is 12.3. The van der Waals surface area contributed by atoms with Crippen LogP contribution < -0.4 is 5.32 Å². The van der Waals surface area contributed by atoms with Crippen molar-refractivity contribution < 1.29 is 14.3 Å². The van der Waals surface area contributed by atoms with Crippen molar-refractivity contribution in [2.75, 3.05) is 32.8 Å². The van der Waals surface area contributed by atoms with Gasteiger partial charge in [-0.3, -0.25) is 9.59 Å². The third kappa shape index (κ3) is 6.83. The number of nitrogens with zero attached hydrogens (tertiary/aromatic N) is 1. The predicted octanol–water partition coefficient (Wildman–Crippen LogP) is 2.87. The van der Waals surface area contributed by atoms with E-state index < -0.39 is 0 Å². The Morgan fingerprint density at radius 1 is 1.11 bits per heavy atom. The molecule has 0 unspecified atom stereocenters. The topological polar surface area (TPSA) is 58.6 Å². The van der Waals surface area contributed by atoms with Gasteiger partial charge in [-0.1, -0.05) is 30.3 Å². The molecule has 5 nitrogen and oxygen atoms in total. The molecule has 1 aliphatic heterocycles. The third-order valence-electron chi connectivity index (χ3n) is 5.21. The van der Waals surface area contributed by atoms with Crippen LogP contribution in [0.1, 0.15) is 37.7 Å². The lowest BCUT2D eigenvalue weighted by Crippen LogP contribution is -2.42. The van der Waals surface area contributed by atoms with Gasteiger partial charge in [0.15, 0.2) is 0 Å². The molecule has 1 saturated carbocycles. The molecule has 0 atom stereocenters. The van der Waals surface area contributed by atoms with E-state index in [9.17, 15) is 9.59 Å². The summed E-state index contributed by atoms with van der Waals surface area (Å²) in [7, 11) is 0. The first-order chi connectivity index (χ1) is 13.2. The number of amides is 2. The van der Waals surface area contributed by atoms with E-state index in [1.165, 1.54) is 12.8 Å². The van der Waals surface area contributed by atoms with E-state index in [1.807, 2.05) is 41.3 Å². The quantitative estimate of drug-likeness (QED) is 0.537. The van der Waals surface area contributed by atoms with Crippen molar-refractivity contribution in [2.45, 2.75) is 32.1 Å². The van der Waals surface area contributed by atoms with Gasteiger partial charge in [-0.25, -0.2) is 0 Å². The van der Waals surface area contributed by atoms with Crippen LogP contribution >= 0.6 is 0 Å². The fourth-order valence-electron chi connectivity index (χ4n) is 3.26. The smallest absolute Gasteiger partial charge is 0.246 e. The number of carbonyl (C=O) groups is 2. The van der Waals surface area contributed by atoms with Crippen LogP contribution in [-0.4, -0.2) is 49.6 Å². The van der Waals surface area contributed by atoms with Crippen molar-refractivity contribution in [3.63, 3.8) is 0 Å². The first-order valence-corrected chi connectivity index (χ1v) is 10.1. The maximum Gasteiger partial charge on any atom is 0.246 e. The molecule has 0 bridgehead atoms. The van der Waals surface area contributed by atoms with Gasteiger partial charge in [0, 0.05) is 44.8 Å². The van der Waals surface area contributed by atoms with Gasteiger partial charge in [0.1, 0.15) is 0 Å². The van der Waals surface area contributed by atoms with Gasteiger partial charge in [-0.05, 0) is 49.7 Å². The molecule has 1 aromatic rings. The van der Waals surface area contributed by atoms with Gasteiger partial charge < -0.3 is 15.0 Å². The Kier molecular flexibility index (Phi) is 7.45. The third-order valence-corrected chi connectivity index (χ3v) is 5.21. The molecule has 0 spiro atoms. The zero-order valence-corrected chi connectivity index (χ0v) is 15.9. The summed E-state index contributed by atoms with van der Waals surface area (Å²) >= 11 is 0. The monoisotopic (exact) mass is 370 g/mol. The number of hydrogen-bond donors (Lipinski definition) is 1. The minimum atomic E-state index is 0.0135. The van der Waals surface area contributed by atoms with Crippen molar-refractivity contribution in [2.24, 2.45) is 11.8 Å². The second-order valence-electron chi connectivity index (χ2n) is 7.51. The highest BCUT2D eigenvalue weighted by Gasteiger charge is 2.26. The molecule has 146 valence electrons. The first-order valence-electron chi connectivity index (χ1n) is 10.1. The van der Waals surface area contributed by atoms with Crippen LogP contribution in [-0.2, 0) is 14.3 Å². The van der Waals surface area contributed by atoms with E-state index in [1.54, 1.807) is 6.08 Å². The Bertz CT molecular complexity index is 632. The lowest BCUT2D eigenvalue weighted by Gasteiger charge is -2.30. The lowest BCUT2D eigenvalue weighted by atomic mass is 9.96. The maximum atomic E-state index is 12.3. The van der Waals surface area contributed by atoms with Gasteiger partial charge in [-0.15, -0.1) is 0 Å². The number of carbonyl (C=O) groups excluding carboxylic acids is 2. The molecule has 2 amide bonds. The molecule has 1 saturated heterocycles. The summed E-state index contributed by atoms with van der Waals surface area (Å²) in [6, 6.07) is 9.80. The van der Waals surface area contributed by atoms with Crippen LogP contribution in [0.5, 0.6) is 0 Å². The van der Waals surface area contributed by atoms with Crippen molar-refractivity contribution in [1.29, 1.82) is 0 Å². The van der Waals surface area contributed by atoms with Gasteiger partial charge in [0.2, 0.25) is 11.8 Å². The molecule has 1 aromatic carbocycles. The molecule has 1 aliphatic carbocycles. The summed E-state index contributed by atoms with van der Waals surface area (Å²) in [5.41, 5.74) is 1.02. The molecule has 1 heterocycles. The van der Waals surface area contributed by atoms with Crippen LogP contribution in [0.3, 0.4) is 0 Å². The molecule has 2 aliphatic rings. The van der Waals surface area contributed by atoms with Crippen molar-refractivity contribution >= 4 is 17.9 Å². The summed E-state index contributed by atoms with van der Waals surface area (Å²) in [4.78, 5) is 26.4. The lowest BCUT2D eigenvalue weighted by molar-refractivity contribution is -0.132. The zero-order valence-electron chi connectivity index (χ0n) is 15.9. The second-order valence-corrected chi connectivity index (χ2v) is 7.51. The van der Waals surface area contributed by atoms with E-state index in [4.69, 9.17) is 4.74 Å². The normalized spacial score (nSPS) is 18.0. The molecule has 3 rings (SSSR count). The summed E-state index contributed by atoms with van der Waals surface area (Å²) in [6.07, 6.45) is 8.40. The number of rotatable bonds is 9. The fourth-order valence-corrected chi connectivity index (χ4v) is 3.26. The van der Waals surface area contributed by atoms with Crippen molar-refractivity contribution in [3.05, 3.63) is 42.0 Å². The standard InChI is InChI=1S/C22H30N2O3/c25-21(10-9-18-5-2-1-3-6-18)24-14-11-20(12-15-24)22(26)23-13-4-16-27-17-19-7-8-19/h1-3,5-6,9-10,19-20H,4,7-8,11-17H2,(H,23,26)/b10-9+. The summed E-state index contributed by atoms with van der Waals surface area (Å²) < 4.78 is 5.58.